The average Bonchev–Trinajstić information content (AvgIpc) is 2.17. The number of nitrogen functional groups attached to an aromatic ring is 1. The molecule has 0 aliphatic carbocycles. The van der Waals surface area contributed by atoms with Crippen LogP contribution in [-0.4, -0.2) is 23.8 Å². The van der Waals surface area contributed by atoms with Gasteiger partial charge in [-0.25, -0.2) is 0 Å². The van der Waals surface area contributed by atoms with Gasteiger partial charge in [0.15, 0.2) is 0 Å². The number of carbonyl (C=O) groups excluding carboxylic acids is 1. The molecule has 0 spiro atoms. The standard InChI is InChI=1S/C12H16N2O/c1-9(15)7-14-5-4-10-6-12(13)3-2-11(10)8-14/h2-3,6H,4-5,7-8,13H2,1H3. The lowest BCUT2D eigenvalue weighted by Crippen LogP contribution is -2.34. The van der Waals surface area contributed by atoms with Crippen LogP contribution in [0, 0.1) is 0 Å². The van der Waals surface area contributed by atoms with Crippen molar-refractivity contribution in [2.45, 2.75) is 19.9 Å². The summed E-state index contributed by atoms with van der Waals surface area (Å²) in [5.41, 5.74) is 9.19. The van der Waals surface area contributed by atoms with Crippen molar-refractivity contribution in [2.24, 2.45) is 0 Å². The SMILES string of the molecule is CC(=O)CN1CCc2cc(N)ccc2C1. The van der Waals surface area contributed by atoms with E-state index in [0.717, 1.165) is 25.2 Å². The fourth-order valence-corrected chi connectivity index (χ4v) is 2.08. The van der Waals surface area contributed by atoms with Crippen molar-refractivity contribution < 1.29 is 4.79 Å². The second kappa shape index (κ2) is 4.03. The Morgan fingerprint density at radius 1 is 1.47 bits per heavy atom. The van der Waals surface area contributed by atoms with Gasteiger partial charge < -0.3 is 5.73 Å². The Hall–Kier alpha value is -1.35. The van der Waals surface area contributed by atoms with Crippen LogP contribution in [0.4, 0.5) is 5.69 Å². The van der Waals surface area contributed by atoms with Crippen molar-refractivity contribution in [3.05, 3.63) is 29.3 Å². The molecule has 80 valence electrons. The first-order valence-electron chi connectivity index (χ1n) is 5.24. The molecule has 0 unspecified atom stereocenters. The van der Waals surface area contributed by atoms with Gasteiger partial charge in [0, 0.05) is 18.8 Å². The normalized spacial score (nSPS) is 16.1. The van der Waals surface area contributed by atoms with Gasteiger partial charge in [-0.1, -0.05) is 6.07 Å². The molecule has 0 saturated heterocycles. The second-order valence-corrected chi connectivity index (χ2v) is 4.19. The predicted octanol–water partition coefficient (Wildman–Crippen LogP) is 1.22. The van der Waals surface area contributed by atoms with E-state index in [2.05, 4.69) is 11.0 Å². The highest BCUT2D eigenvalue weighted by Crippen LogP contribution is 2.20. The molecular formula is C12H16N2O. The summed E-state index contributed by atoms with van der Waals surface area (Å²) in [6.07, 6.45) is 0.994. The van der Waals surface area contributed by atoms with E-state index in [0.29, 0.717) is 6.54 Å². The van der Waals surface area contributed by atoms with E-state index in [4.69, 9.17) is 5.73 Å². The summed E-state index contributed by atoms with van der Waals surface area (Å²) in [5, 5.41) is 0. The predicted molar refractivity (Wildman–Crippen MR) is 60.5 cm³/mol. The van der Waals surface area contributed by atoms with Crippen LogP contribution in [-0.2, 0) is 17.8 Å². The molecule has 0 bridgehead atoms. The quantitative estimate of drug-likeness (QED) is 0.737. The summed E-state index contributed by atoms with van der Waals surface area (Å²) in [4.78, 5) is 13.2. The molecule has 1 aliphatic rings. The highest BCUT2D eigenvalue weighted by Gasteiger charge is 2.16. The number of anilines is 1. The zero-order valence-corrected chi connectivity index (χ0v) is 8.99. The molecular weight excluding hydrogens is 188 g/mol. The summed E-state index contributed by atoms with van der Waals surface area (Å²) in [6.45, 7) is 4.02. The first-order chi connectivity index (χ1) is 7.15. The van der Waals surface area contributed by atoms with Crippen LogP contribution in [0.1, 0.15) is 18.1 Å². The Labute approximate surface area is 89.9 Å². The molecule has 0 fully saturated rings. The number of fused-ring (bicyclic) bond motifs is 1. The third-order valence-electron chi connectivity index (χ3n) is 2.77. The lowest BCUT2D eigenvalue weighted by atomic mass is 9.99. The lowest BCUT2D eigenvalue weighted by Gasteiger charge is -2.27. The third-order valence-corrected chi connectivity index (χ3v) is 2.77. The largest absolute Gasteiger partial charge is 0.399 e. The van der Waals surface area contributed by atoms with Crippen LogP contribution < -0.4 is 5.73 Å². The van der Waals surface area contributed by atoms with E-state index in [1.165, 1.54) is 11.1 Å². The van der Waals surface area contributed by atoms with E-state index < -0.39 is 0 Å². The number of Topliss-reactive ketones (excluding diaryl/α,β-unsaturated/α-hetero) is 1. The number of hydrogen-bond donors (Lipinski definition) is 1. The molecule has 2 rings (SSSR count). The molecule has 1 aromatic carbocycles. The minimum absolute atomic E-state index is 0.230. The van der Waals surface area contributed by atoms with Crippen molar-refractivity contribution >= 4 is 11.5 Å². The molecule has 15 heavy (non-hydrogen) atoms. The van der Waals surface area contributed by atoms with Crippen molar-refractivity contribution in [3.8, 4) is 0 Å². The number of ketones is 1. The van der Waals surface area contributed by atoms with E-state index in [1.807, 2.05) is 12.1 Å². The highest BCUT2D eigenvalue weighted by atomic mass is 16.1. The van der Waals surface area contributed by atoms with Gasteiger partial charge in [0.1, 0.15) is 5.78 Å². The summed E-state index contributed by atoms with van der Waals surface area (Å²) in [7, 11) is 0. The van der Waals surface area contributed by atoms with Crippen molar-refractivity contribution in [3.63, 3.8) is 0 Å². The Morgan fingerprint density at radius 2 is 2.27 bits per heavy atom. The summed E-state index contributed by atoms with van der Waals surface area (Å²) < 4.78 is 0. The number of benzene rings is 1. The molecule has 1 heterocycles. The third kappa shape index (κ3) is 2.36. The van der Waals surface area contributed by atoms with Gasteiger partial charge in [-0.05, 0) is 36.6 Å². The van der Waals surface area contributed by atoms with Gasteiger partial charge >= 0.3 is 0 Å². The van der Waals surface area contributed by atoms with E-state index in [-0.39, 0.29) is 5.78 Å². The summed E-state index contributed by atoms with van der Waals surface area (Å²) in [5.74, 6) is 0.230. The lowest BCUT2D eigenvalue weighted by molar-refractivity contribution is -0.118. The van der Waals surface area contributed by atoms with Gasteiger partial charge in [-0.3, -0.25) is 9.69 Å². The molecule has 0 aromatic heterocycles. The molecule has 0 amide bonds. The Morgan fingerprint density at radius 3 is 3.00 bits per heavy atom. The first-order valence-corrected chi connectivity index (χ1v) is 5.24. The Kier molecular flexibility index (Phi) is 2.73. The van der Waals surface area contributed by atoms with Gasteiger partial charge in [0.2, 0.25) is 0 Å². The van der Waals surface area contributed by atoms with Crippen molar-refractivity contribution in [1.29, 1.82) is 0 Å². The summed E-state index contributed by atoms with van der Waals surface area (Å²) in [6, 6.07) is 6.04. The molecule has 2 N–H and O–H groups in total. The molecule has 3 nitrogen and oxygen atoms in total. The molecule has 1 aliphatic heterocycles. The zero-order chi connectivity index (χ0) is 10.8. The van der Waals surface area contributed by atoms with Crippen molar-refractivity contribution in [1.82, 2.24) is 4.90 Å². The molecule has 0 radical (unpaired) electrons. The topological polar surface area (TPSA) is 46.3 Å². The number of carbonyl (C=O) groups is 1. The van der Waals surface area contributed by atoms with E-state index >= 15 is 0 Å². The minimum Gasteiger partial charge on any atom is -0.399 e. The van der Waals surface area contributed by atoms with Crippen LogP contribution >= 0.6 is 0 Å². The van der Waals surface area contributed by atoms with Gasteiger partial charge in [0.05, 0.1) is 6.54 Å². The van der Waals surface area contributed by atoms with Crippen LogP contribution in [0.2, 0.25) is 0 Å². The van der Waals surface area contributed by atoms with Crippen LogP contribution in [0.3, 0.4) is 0 Å². The van der Waals surface area contributed by atoms with E-state index in [9.17, 15) is 4.79 Å². The van der Waals surface area contributed by atoms with Crippen LogP contribution in [0.5, 0.6) is 0 Å². The van der Waals surface area contributed by atoms with E-state index in [1.54, 1.807) is 6.92 Å². The van der Waals surface area contributed by atoms with Gasteiger partial charge in [-0.2, -0.15) is 0 Å². The molecule has 0 saturated carbocycles. The minimum atomic E-state index is 0.230. The number of nitrogens with zero attached hydrogens (tertiary/aromatic N) is 1. The number of hydrogen-bond acceptors (Lipinski definition) is 3. The second-order valence-electron chi connectivity index (χ2n) is 4.19. The zero-order valence-electron chi connectivity index (χ0n) is 8.99. The summed E-state index contributed by atoms with van der Waals surface area (Å²) >= 11 is 0. The van der Waals surface area contributed by atoms with Crippen molar-refractivity contribution in [2.75, 3.05) is 18.8 Å². The Balaban J connectivity index is 2.13. The van der Waals surface area contributed by atoms with Crippen LogP contribution in [0.25, 0.3) is 0 Å². The molecule has 3 heteroatoms. The number of nitrogens with two attached hydrogens (primary N) is 1. The van der Waals surface area contributed by atoms with Gasteiger partial charge in [0.25, 0.3) is 0 Å². The molecule has 1 aromatic rings. The average molecular weight is 204 g/mol. The maximum absolute atomic E-state index is 11.0. The molecule has 0 atom stereocenters. The fourth-order valence-electron chi connectivity index (χ4n) is 2.08. The highest BCUT2D eigenvalue weighted by molar-refractivity contribution is 5.77. The monoisotopic (exact) mass is 204 g/mol. The maximum atomic E-state index is 11.0. The van der Waals surface area contributed by atoms with Gasteiger partial charge in [-0.15, -0.1) is 0 Å². The Bertz CT molecular complexity index is 387. The number of rotatable bonds is 2. The maximum Gasteiger partial charge on any atom is 0.143 e. The van der Waals surface area contributed by atoms with Crippen LogP contribution in [0.15, 0.2) is 18.2 Å². The first kappa shape index (κ1) is 10.2. The smallest absolute Gasteiger partial charge is 0.143 e. The fraction of sp³-hybridized carbons (Fsp3) is 0.417.